The SMILES string of the molecule is CCCCn1ncc(NCC2(SC)CC2)c(Br)c1=O. The third-order valence-electron chi connectivity index (χ3n) is 3.55. The van der Waals surface area contributed by atoms with Crippen molar-refractivity contribution in [2.45, 2.75) is 43.9 Å². The summed E-state index contributed by atoms with van der Waals surface area (Å²) in [6.45, 7) is 3.68. The van der Waals surface area contributed by atoms with Gasteiger partial charge in [0.25, 0.3) is 5.56 Å². The minimum Gasteiger partial charge on any atom is -0.381 e. The van der Waals surface area contributed by atoms with Crippen LogP contribution in [-0.2, 0) is 6.54 Å². The predicted octanol–water partition coefficient (Wildman–Crippen LogP) is 3.11. The Balaban J connectivity index is 2.06. The van der Waals surface area contributed by atoms with Gasteiger partial charge in [0.15, 0.2) is 0 Å². The molecule has 0 aromatic carbocycles. The molecule has 6 heteroatoms. The first-order valence-electron chi connectivity index (χ1n) is 6.66. The van der Waals surface area contributed by atoms with Crippen molar-refractivity contribution in [3.8, 4) is 0 Å². The standard InChI is InChI=1S/C13H20BrN3OS/c1-3-4-7-17-12(18)11(14)10(8-16-17)15-9-13(19-2)5-6-13/h8,15H,3-7,9H2,1-2H3. The van der Waals surface area contributed by atoms with E-state index in [4.69, 9.17) is 0 Å². The van der Waals surface area contributed by atoms with E-state index in [-0.39, 0.29) is 5.56 Å². The molecule has 0 amide bonds. The van der Waals surface area contributed by atoms with Gasteiger partial charge in [-0.2, -0.15) is 16.9 Å². The maximum Gasteiger partial charge on any atom is 0.283 e. The monoisotopic (exact) mass is 345 g/mol. The van der Waals surface area contributed by atoms with Gasteiger partial charge in [0.05, 0.1) is 11.9 Å². The van der Waals surface area contributed by atoms with Gasteiger partial charge in [-0.3, -0.25) is 4.79 Å². The zero-order chi connectivity index (χ0) is 13.9. The van der Waals surface area contributed by atoms with Crippen LogP contribution in [0, 0.1) is 0 Å². The number of rotatable bonds is 7. The minimum atomic E-state index is -0.0487. The van der Waals surface area contributed by atoms with Crippen molar-refractivity contribution in [2.24, 2.45) is 0 Å². The molecule has 106 valence electrons. The first-order valence-corrected chi connectivity index (χ1v) is 8.68. The van der Waals surface area contributed by atoms with Crippen LogP contribution in [0.25, 0.3) is 0 Å². The van der Waals surface area contributed by atoms with Crippen LogP contribution >= 0.6 is 27.7 Å². The number of halogens is 1. The smallest absolute Gasteiger partial charge is 0.283 e. The largest absolute Gasteiger partial charge is 0.381 e. The second-order valence-electron chi connectivity index (χ2n) is 4.99. The number of aromatic nitrogens is 2. The fraction of sp³-hybridized carbons (Fsp3) is 0.692. The van der Waals surface area contributed by atoms with E-state index in [1.807, 2.05) is 11.8 Å². The van der Waals surface area contributed by atoms with E-state index >= 15 is 0 Å². The van der Waals surface area contributed by atoms with E-state index in [2.05, 4.69) is 39.5 Å². The van der Waals surface area contributed by atoms with Crippen molar-refractivity contribution in [3.63, 3.8) is 0 Å². The lowest BCUT2D eigenvalue weighted by Crippen LogP contribution is -2.26. The summed E-state index contributed by atoms with van der Waals surface area (Å²) in [4.78, 5) is 12.1. The molecule has 0 radical (unpaired) electrons. The van der Waals surface area contributed by atoms with Crippen LogP contribution in [0.1, 0.15) is 32.6 Å². The van der Waals surface area contributed by atoms with Gasteiger partial charge in [-0.1, -0.05) is 13.3 Å². The highest BCUT2D eigenvalue weighted by atomic mass is 79.9. The van der Waals surface area contributed by atoms with E-state index in [0.29, 0.717) is 15.8 Å². The van der Waals surface area contributed by atoms with Crippen molar-refractivity contribution in [1.82, 2.24) is 9.78 Å². The summed E-state index contributed by atoms with van der Waals surface area (Å²) in [5, 5.41) is 7.58. The summed E-state index contributed by atoms with van der Waals surface area (Å²) in [5.74, 6) is 0. The molecule has 0 aliphatic heterocycles. The Hall–Kier alpha value is -0.490. The fourth-order valence-electron chi connectivity index (χ4n) is 1.90. The molecule has 0 atom stereocenters. The number of nitrogens with one attached hydrogen (secondary N) is 1. The van der Waals surface area contributed by atoms with Gasteiger partial charge < -0.3 is 5.32 Å². The Morgan fingerprint density at radius 3 is 2.89 bits per heavy atom. The van der Waals surface area contributed by atoms with Gasteiger partial charge in [-0.05, 0) is 41.4 Å². The summed E-state index contributed by atoms with van der Waals surface area (Å²) in [6, 6.07) is 0. The van der Waals surface area contributed by atoms with E-state index in [9.17, 15) is 4.79 Å². The fourth-order valence-corrected chi connectivity index (χ4v) is 3.08. The molecule has 19 heavy (non-hydrogen) atoms. The van der Waals surface area contributed by atoms with Gasteiger partial charge in [0, 0.05) is 17.8 Å². The maximum absolute atomic E-state index is 12.1. The molecule has 0 bridgehead atoms. The summed E-state index contributed by atoms with van der Waals surface area (Å²) in [5.41, 5.74) is 0.755. The average molecular weight is 346 g/mol. The Morgan fingerprint density at radius 2 is 2.32 bits per heavy atom. The van der Waals surface area contributed by atoms with Crippen LogP contribution in [0.5, 0.6) is 0 Å². The number of unbranched alkanes of at least 4 members (excludes halogenated alkanes) is 1. The lowest BCUT2D eigenvalue weighted by molar-refractivity contribution is 0.541. The van der Waals surface area contributed by atoms with Gasteiger partial charge in [-0.25, -0.2) is 4.68 Å². The second kappa shape index (κ2) is 6.31. The average Bonchev–Trinajstić information content (AvgIpc) is 3.20. The van der Waals surface area contributed by atoms with Crippen molar-refractivity contribution >= 4 is 33.4 Å². The maximum atomic E-state index is 12.1. The first kappa shape index (κ1) is 14.9. The van der Waals surface area contributed by atoms with Crippen molar-refractivity contribution in [3.05, 3.63) is 21.0 Å². The van der Waals surface area contributed by atoms with Crippen LogP contribution in [0.4, 0.5) is 5.69 Å². The molecule has 1 heterocycles. The number of hydrogen-bond acceptors (Lipinski definition) is 4. The van der Waals surface area contributed by atoms with E-state index in [1.165, 1.54) is 17.5 Å². The zero-order valence-electron chi connectivity index (χ0n) is 11.4. The lowest BCUT2D eigenvalue weighted by Gasteiger charge is -2.15. The molecule has 0 spiro atoms. The Kier molecular flexibility index (Phi) is 4.95. The molecule has 2 rings (SSSR count). The van der Waals surface area contributed by atoms with E-state index in [0.717, 1.165) is 25.1 Å². The van der Waals surface area contributed by atoms with Gasteiger partial charge in [-0.15, -0.1) is 0 Å². The third-order valence-corrected chi connectivity index (χ3v) is 5.74. The van der Waals surface area contributed by atoms with Gasteiger partial charge in [0.2, 0.25) is 0 Å². The van der Waals surface area contributed by atoms with Crippen molar-refractivity contribution in [1.29, 1.82) is 0 Å². The molecule has 1 saturated carbocycles. The van der Waals surface area contributed by atoms with Gasteiger partial charge in [0.1, 0.15) is 4.47 Å². The zero-order valence-corrected chi connectivity index (χ0v) is 13.8. The predicted molar refractivity (Wildman–Crippen MR) is 85.1 cm³/mol. The molecular formula is C13H20BrN3OS. The molecule has 1 aliphatic rings. The Morgan fingerprint density at radius 1 is 1.58 bits per heavy atom. The van der Waals surface area contributed by atoms with Crippen LogP contribution in [0.2, 0.25) is 0 Å². The molecule has 1 aliphatic carbocycles. The molecule has 1 aromatic heterocycles. The number of thioether (sulfide) groups is 1. The molecule has 0 unspecified atom stereocenters. The third kappa shape index (κ3) is 3.54. The summed E-state index contributed by atoms with van der Waals surface area (Å²) in [6.07, 6.45) is 8.42. The Bertz CT molecular complexity index is 499. The topological polar surface area (TPSA) is 46.9 Å². The number of aryl methyl sites for hydroxylation is 1. The number of nitrogens with zero attached hydrogens (tertiary/aromatic N) is 2. The number of anilines is 1. The molecule has 1 N–H and O–H groups in total. The van der Waals surface area contributed by atoms with E-state index in [1.54, 1.807) is 6.20 Å². The molecule has 4 nitrogen and oxygen atoms in total. The molecule has 1 aromatic rings. The molecule has 1 fully saturated rings. The van der Waals surface area contributed by atoms with Gasteiger partial charge >= 0.3 is 0 Å². The van der Waals surface area contributed by atoms with E-state index < -0.39 is 0 Å². The first-order chi connectivity index (χ1) is 9.12. The normalized spacial score (nSPS) is 16.4. The second-order valence-corrected chi connectivity index (χ2v) is 7.06. The molecule has 0 saturated heterocycles. The highest BCUT2D eigenvalue weighted by Gasteiger charge is 2.41. The summed E-state index contributed by atoms with van der Waals surface area (Å²) < 4.78 is 2.49. The quantitative estimate of drug-likeness (QED) is 0.824. The lowest BCUT2D eigenvalue weighted by atomic mass is 10.3. The van der Waals surface area contributed by atoms with Crippen LogP contribution in [0.15, 0.2) is 15.5 Å². The van der Waals surface area contributed by atoms with Crippen LogP contribution < -0.4 is 10.9 Å². The summed E-state index contributed by atoms with van der Waals surface area (Å²) in [7, 11) is 0. The minimum absolute atomic E-state index is 0.0487. The number of hydrogen-bond donors (Lipinski definition) is 1. The Labute approximate surface area is 126 Å². The highest BCUT2D eigenvalue weighted by molar-refractivity contribution is 9.10. The van der Waals surface area contributed by atoms with Crippen molar-refractivity contribution < 1.29 is 0 Å². The van der Waals surface area contributed by atoms with Crippen molar-refractivity contribution in [2.75, 3.05) is 18.1 Å². The van der Waals surface area contributed by atoms with Crippen LogP contribution in [0.3, 0.4) is 0 Å². The highest BCUT2D eigenvalue weighted by Crippen LogP contribution is 2.47. The molecular weight excluding hydrogens is 326 g/mol. The van der Waals surface area contributed by atoms with Crippen LogP contribution in [-0.4, -0.2) is 27.3 Å². The summed E-state index contributed by atoms with van der Waals surface area (Å²) >= 11 is 5.29.